The van der Waals surface area contributed by atoms with E-state index in [1.165, 1.54) is 12.5 Å². The van der Waals surface area contributed by atoms with Crippen molar-refractivity contribution in [1.29, 1.82) is 0 Å². The number of benzene rings is 1. The number of hydrazine groups is 1. The molecule has 1 saturated heterocycles. The monoisotopic (exact) mass is 297 g/mol. The maximum absolute atomic E-state index is 12.8. The molecule has 1 heterocycles. The molecule has 0 amide bonds. The van der Waals surface area contributed by atoms with Gasteiger partial charge in [-0.2, -0.15) is 0 Å². The SMILES string of the molecule is CC1CCCC(C)N1NC(CN)c1cccc(C(F)F)c1. The molecule has 0 aliphatic carbocycles. The highest BCUT2D eigenvalue weighted by molar-refractivity contribution is 5.27. The zero-order valence-corrected chi connectivity index (χ0v) is 12.7. The lowest BCUT2D eigenvalue weighted by Crippen LogP contribution is -2.54. The minimum absolute atomic E-state index is 0.0486. The van der Waals surface area contributed by atoms with E-state index in [9.17, 15) is 8.78 Å². The van der Waals surface area contributed by atoms with Gasteiger partial charge in [0.05, 0.1) is 6.04 Å². The Bertz CT molecular complexity index is 443. The maximum Gasteiger partial charge on any atom is 0.263 e. The molecule has 0 aromatic heterocycles. The summed E-state index contributed by atoms with van der Waals surface area (Å²) in [5.41, 5.74) is 10.2. The smallest absolute Gasteiger partial charge is 0.263 e. The standard InChI is InChI=1S/C16H25F2N3/c1-11-5-3-6-12(2)21(11)20-15(10-19)13-7-4-8-14(9-13)16(17)18/h4,7-9,11-12,15-16,20H,3,5-6,10,19H2,1-2H3. The number of rotatable bonds is 5. The Morgan fingerprint density at radius 3 is 2.43 bits per heavy atom. The first-order valence-electron chi connectivity index (χ1n) is 7.65. The number of alkyl halides is 2. The van der Waals surface area contributed by atoms with Gasteiger partial charge in [0.1, 0.15) is 0 Å². The molecule has 5 heteroatoms. The van der Waals surface area contributed by atoms with Gasteiger partial charge in [-0.05, 0) is 38.3 Å². The quantitative estimate of drug-likeness (QED) is 0.875. The maximum atomic E-state index is 12.8. The van der Waals surface area contributed by atoms with Crippen molar-refractivity contribution in [2.24, 2.45) is 5.73 Å². The number of piperidine rings is 1. The summed E-state index contributed by atoms with van der Waals surface area (Å²) in [6.07, 6.45) is 1.07. The summed E-state index contributed by atoms with van der Waals surface area (Å²) in [7, 11) is 0. The van der Waals surface area contributed by atoms with Crippen LogP contribution in [0, 0.1) is 0 Å². The summed E-state index contributed by atoms with van der Waals surface area (Å²) >= 11 is 0. The molecule has 1 aliphatic rings. The van der Waals surface area contributed by atoms with E-state index < -0.39 is 6.43 Å². The average molecular weight is 297 g/mol. The van der Waals surface area contributed by atoms with Gasteiger partial charge in [0.2, 0.25) is 0 Å². The zero-order valence-electron chi connectivity index (χ0n) is 12.7. The van der Waals surface area contributed by atoms with Gasteiger partial charge in [-0.25, -0.2) is 19.2 Å². The summed E-state index contributed by atoms with van der Waals surface area (Å²) in [5, 5.41) is 2.23. The summed E-state index contributed by atoms with van der Waals surface area (Å²) in [5.74, 6) is 0. The highest BCUT2D eigenvalue weighted by Gasteiger charge is 2.27. The number of nitrogens with one attached hydrogen (secondary N) is 1. The molecular formula is C16H25F2N3. The van der Waals surface area contributed by atoms with E-state index in [0.29, 0.717) is 18.6 Å². The van der Waals surface area contributed by atoms with Crippen LogP contribution in [-0.4, -0.2) is 23.6 Å². The second-order valence-corrected chi connectivity index (χ2v) is 5.92. The van der Waals surface area contributed by atoms with Crippen molar-refractivity contribution in [3.05, 3.63) is 35.4 Å². The van der Waals surface area contributed by atoms with Crippen LogP contribution < -0.4 is 11.2 Å². The molecule has 21 heavy (non-hydrogen) atoms. The van der Waals surface area contributed by atoms with Crippen LogP contribution in [0.15, 0.2) is 24.3 Å². The van der Waals surface area contributed by atoms with Crippen LogP contribution in [0.3, 0.4) is 0 Å². The third-order valence-corrected chi connectivity index (χ3v) is 4.30. The van der Waals surface area contributed by atoms with Crippen LogP contribution in [0.2, 0.25) is 0 Å². The molecule has 3 nitrogen and oxygen atoms in total. The van der Waals surface area contributed by atoms with E-state index in [-0.39, 0.29) is 11.6 Å². The van der Waals surface area contributed by atoms with E-state index in [0.717, 1.165) is 18.4 Å². The molecule has 1 aromatic carbocycles. The van der Waals surface area contributed by atoms with Crippen LogP contribution in [0.25, 0.3) is 0 Å². The van der Waals surface area contributed by atoms with Gasteiger partial charge in [0.15, 0.2) is 0 Å². The van der Waals surface area contributed by atoms with E-state index in [4.69, 9.17) is 5.73 Å². The van der Waals surface area contributed by atoms with Gasteiger partial charge in [0.25, 0.3) is 6.43 Å². The van der Waals surface area contributed by atoms with E-state index >= 15 is 0 Å². The van der Waals surface area contributed by atoms with Crippen molar-refractivity contribution in [2.45, 2.75) is 57.7 Å². The number of hydrogen-bond donors (Lipinski definition) is 2. The number of nitrogens with zero attached hydrogens (tertiary/aromatic N) is 1. The van der Waals surface area contributed by atoms with Gasteiger partial charge in [-0.3, -0.25) is 0 Å². The van der Waals surface area contributed by atoms with Crippen LogP contribution in [0.4, 0.5) is 8.78 Å². The lowest BCUT2D eigenvalue weighted by Gasteiger charge is -2.41. The predicted octanol–water partition coefficient (Wildman–Crippen LogP) is 3.39. The molecule has 3 unspecified atom stereocenters. The Hall–Kier alpha value is -1.04. The predicted molar refractivity (Wildman–Crippen MR) is 80.9 cm³/mol. The summed E-state index contributed by atoms with van der Waals surface area (Å²) < 4.78 is 25.7. The molecule has 1 aliphatic heterocycles. The van der Waals surface area contributed by atoms with Crippen molar-refractivity contribution >= 4 is 0 Å². The number of nitrogens with two attached hydrogens (primary N) is 1. The second kappa shape index (κ2) is 7.29. The molecule has 0 bridgehead atoms. The van der Waals surface area contributed by atoms with E-state index in [1.807, 2.05) is 6.07 Å². The minimum atomic E-state index is -2.45. The lowest BCUT2D eigenvalue weighted by atomic mass is 9.99. The molecule has 3 atom stereocenters. The Morgan fingerprint density at radius 2 is 1.86 bits per heavy atom. The van der Waals surface area contributed by atoms with Gasteiger partial charge in [0, 0.05) is 24.2 Å². The third kappa shape index (κ3) is 3.99. The molecule has 3 N–H and O–H groups in total. The topological polar surface area (TPSA) is 41.3 Å². The van der Waals surface area contributed by atoms with Crippen LogP contribution >= 0.6 is 0 Å². The molecule has 1 fully saturated rings. The van der Waals surface area contributed by atoms with Crippen LogP contribution in [-0.2, 0) is 0 Å². The van der Waals surface area contributed by atoms with Gasteiger partial charge < -0.3 is 5.73 Å². The largest absolute Gasteiger partial charge is 0.329 e. The molecule has 0 spiro atoms. The van der Waals surface area contributed by atoms with Crippen molar-refractivity contribution in [3.8, 4) is 0 Å². The molecule has 2 rings (SSSR count). The average Bonchev–Trinajstić information content (AvgIpc) is 2.47. The summed E-state index contributed by atoms with van der Waals surface area (Å²) in [6, 6.07) is 7.26. The van der Waals surface area contributed by atoms with Gasteiger partial charge >= 0.3 is 0 Å². The molecule has 0 saturated carbocycles. The fraction of sp³-hybridized carbons (Fsp3) is 0.625. The van der Waals surface area contributed by atoms with Gasteiger partial charge in [-0.15, -0.1) is 0 Å². The Morgan fingerprint density at radius 1 is 1.24 bits per heavy atom. The normalized spacial score (nSPS) is 25.2. The summed E-state index contributed by atoms with van der Waals surface area (Å²) in [4.78, 5) is 0. The van der Waals surface area contributed by atoms with Crippen molar-refractivity contribution in [3.63, 3.8) is 0 Å². The molecule has 0 radical (unpaired) electrons. The third-order valence-electron chi connectivity index (χ3n) is 4.30. The molecule has 118 valence electrons. The molecular weight excluding hydrogens is 272 g/mol. The number of halogens is 2. The fourth-order valence-electron chi connectivity index (χ4n) is 3.03. The first kappa shape index (κ1) is 16.3. The summed E-state index contributed by atoms with van der Waals surface area (Å²) in [6.45, 7) is 4.75. The Kier molecular flexibility index (Phi) is 5.67. The van der Waals surface area contributed by atoms with Crippen molar-refractivity contribution in [2.75, 3.05) is 6.54 Å². The van der Waals surface area contributed by atoms with Crippen molar-refractivity contribution < 1.29 is 8.78 Å². The van der Waals surface area contributed by atoms with Crippen LogP contribution in [0.5, 0.6) is 0 Å². The van der Waals surface area contributed by atoms with Gasteiger partial charge in [-0.1, -0.05) is 24.6 Å². The van der Waals surface area contributed by atoms with E-state index in [1.54, 1.807) is 12.1 Å². The lowest BCUT2D eigenvalue weighted by molar-refractivity contribution is 0.0304. The highest BCUT2D eigenvalue weighted by Crippen LogP contribution is 2.25. The Balaban J connectivity index is 2.13. The number of hydrogen-bond acceptors (Lipinski definition) is 3. The highest BCUT2D eigenvalue weighted by atomic mass is 19.3. The van der Waals surface area contributed by atoms with E-state index in [2.05, 4.69) is 24.3 Å². The second-order valence-electron chi connectivity index (χ2n) is 5.92. The first-order valence-corrected chi connectivity index (χ1v) is 7.65. The van der Waals surface area contributed by atoms with Crippen LogP contribution in [0.1, 0.15) is 56.7 Å². The van der Waals surface area contributed by atoms with Crippen molar-refractivity contribution in [1.82, 2.24) is 10.4 Å². The fourth-order valence-corrected chi connectivity index (χ4v) is 3.03. The molecule has 1 aromatic rings. The first-order chi connectivity index (χ1) is 10.0. The Labute approximate surface area is 125 Å². The zero-order chi connectivity index (χ0) is 15.4. The minimum Gasteiger partial charge on any atom is -0.329 e.